The third-order valence-corrected chi connectivity index (χ3v) is 4.55. The molecule has 1 N–H and O–H groups in total. The molecule has 1 aliphatic rings. The van der Waals surface area contributed by atoms with E-state index in [4.69, 9.17) is 0 Å². The fourth-order valence-corrected chi connectivity index (χ4v) is 3.30. The second-order valence-corrected chi connectivity index (χ2v) is 6.28. The molecule has 0 saturated heterocycles. The van der Waals surface area contributed by atoms with Gasteiger partial charge >= 0.3 is 0 Å². The van der Waals surface area contributed by atoms with Crippen LogP contribution in [0.5, 0.6) is 0 Å². The molecule has 2 rings (SSSR count). The van der Waals surface area contributed by atoms with Crippen LogP contribution in [-0.4, -0.2) is 36.1 Å². The summed E-state index contributed by atoms with van der Waals surface area (Å²) in [7, 11) is 4.46. The lowest BCUT2D eigenvalue weighted by atomic mass is 9.75. The average molecular weight is 261 g/mol. The molecule has 0 unspecified atom stereocenters. The number of hydrogen-bond donors (Lipinski definition) is 1. The molecule has 0 radical (unpaired) electrons. The van der Waals surface area contributed by atoms with E-state index in [0.29, 0.717) is 5.54 Å². The Labute approximate surface area is 117 Å². The van der Waals surface area contributed by atoms with Gasteiger partial charge in [0.25, 0.3) is 0 Å². The van der Waals surface area contributed by atoms with Crippen LogP contribution in [0.1, 0.15) is 38.2 Å². The molecule has 3 nitrogen and oxygen atoms in total. The van der Waals surface area contributed by atoms with Gasteiger partial charge < -0.3 is 10.2 Å². The van der Waals surface area contributed by atoms with Gasteiger partial charge in [-0.3, -0.25) is 4.98 Å². The Morgan fingerprint density at radius 1 is 1.37 bits per heavy atom. The molecule has 1 aromatic heterocycles. The van der Waals surface area contributed by atoms with E-state index in [2.05, 4.69) is 48.4 Å². The van der Waals surface area contributed by atoms with E-state index in [1.165, 1.54) is 31.2 Å². The summed E-state index contributed by atoms with van der Waals surface area (Å²) in [6.45, 7) is 4.40. The van der Waals surface area contributed by atoms with Gasteiger partial charge in [-0.25, -0.2) is 0 Å². The molecule has 0 aromatic carbocycles. The van der Waals surface area contributed by atoms with Gasteiger partial charge in [-0.2, -0.15) is 0 Å². The third-order valence-electron chi connectivity index (χ3n) is 4.55. The van der Waals surface area contributed by atoms with E-state index in [-0.39, 0.29) is 0 Å². The first kappa shape index (κ1) is 14.5. The molecule has 0 aliphatic heterocycles. The van der Waals surface area contributed by atoms with Crippen LogP contribution >= 0.6 is 0 Å². The average Bonchev–Trinajstić information content (AvgIpc) is 2.40. The Balaban J connectivity index is 1.90. The molecule has 1 aromatic rings. The molecule has 0 spiro atoms. The summed E-state index contributed by atoms with van der Waals surface area (Å²) in [6.07, 6.45) is 9.09. The van der Waals surface area contributed by atoms with E-state index in [0.717, 1.165) is 19.0 Å². The minimum absolute atomic E-state index is 0.338. The summed E-state index contributed by atoms with van der Waals surface area (Å²) in [5, 5.41) is 3.64. The smallest absolute Gasteiger partial charge is 0.0330 e. The highest BCUT2D eigenvalue weighted by atomic mass is 15.2. The number of nitrogens with zero attached hydrogens (tertiary/aromatic N) is 2. The van der Waals surface area contributed by atoms with Crippen molar-refractivity contribution in [3.05, 3.63) is 30.1 Å². The largest absolute Gasteiger partial charge is 0.311 e. The third kappa shape index (κ3) is 3.77. The van der Waals surface area contributed by atoms with Crippen LogP contribution < -0.4 is 5.32 Å². The van der Waals surface area contributed by atoms with Crippen LogP contribution in [0, 0.1) is 5.92 Å². The van der Waals surface area contributed by atoms with Crippen LogP contribution in [0.15, 0.2) is 24.5 Å². The lowest BCUT2D eigenvalue weighted by Gasteiger charge is -2.45. The van der Waals surface area contributed by atoms with E-state index in [9.17, 15) is 0 Å². The molecule has 1 heterocycles. The Kier molecular flexibility index (Phi) is 4.94. The van der Waals surface area contributed by atoms with Crippen LogP contribution in [0.2, 0.25) is 0 Å². The number of nitrogens with one attached hydrogen (secondary N) is 1. The lowest BCUT2D eigenvalue weighted by Crippen LogP contribution is -2.54. The lowest BCUT2D eigenvalue weighted by molar-refractivity contribution is 0.0749. The summed E-state index contributed by atoms with van der Waals surface area (Å²) in [4.78, 5) is 6.49. The molecule has 1 aliphatic carbocycles. The molecule has 1 fully saturated rings. The molecule has 19 heavy (non-hydrogen) atoms. The maximum atomic E-state index is 4.06. The molecular weight excluding hydrogens is 234 g/mol. The van der Waals surface area contributed by atoms with Crippen molar-refractivity contribution in [1.82, 2.24) is 15.2 Å². The molecule has 2 atom stereocenters. The number of hydrogen-bond acceptors (Lipinski definition) is 3. The van der Waals surface area contributed by atoms with Gasteiger partial charge in [-0.05, 0) is 50.6 Å². The summed E-state index contributed by atoms with van der Waals surface area (Å²) in [5.74, 6) is 0.846. The monoisotopic (exact) mass is 261 g/mol. The molecule has 1 saturated carbocycles. The zero-order valence-corrected chi connectivity index (χ0v) is 12.5. The summed E-state index contributed by atoms with van der Waals surface area (Å²) >= 11 is 0. The van der Waals surface area contributed by atoms with Crippen LogP contribution in [0.4, 0.5) is 0 Å². The fraction of sp³-hybridized carbons (Fsp3) is 0.688. The summed E-state index contributed by atoms with van der Waals surface area (Å²) in [5.41, 5.74) is 1.65. The van der Waals surface area contributed by atoms with Gasteiger partial charge in [0.05, 0.1) is 0 Å². The van der Waals surface area contributed by atoms with Crippen molar-refractivity contribution in [3.8, 4) is 0 Å². The van der Waals surface area contributed by atoms with Crippen molar-refractivity contribution in [1.29, 1.82) is 0 Å². The van der Waals surface area contributed by atoms with Crippen molar-refractivity contribution < 1.29 is 0 Å². The fourth-order valence-electron chi connectivity index (χ4n) is 3.30. The Morgan fingerprint density at radius 2 is 2.11 bits per heavy atom. The minimum Gasteiger partial charge on any atom is -0.311 e. The van der Waals surface area contributed by atoms with Crippen LogP contribution in [0.25, 0.3) is 0 Å². The predicted molar refractivity (Wildman–Crippen MR) is 80.0 cm³/mol. The Hall–Kier alpha value is -0.930. The number of likely N-dealkylation sites (N-methyl/N-ethyl adjacent to an activating group) is 1. The molecular formula is C16H27N3. The minimum atomic E-state index is 0.338. The standard InChI is InChI=1S/C16H27N3/c1-14-5-4-8-16(11-14,19(2)3)13-18-12-15-6-9-17-10-7-15/h6-7,9-10,14,18H,4-5,8,11-13H2,1-3H3/t14-,16+/m0/s1. The Bertz CT molecular complexity index is 377. The van der Waals surface area contributed by atoms with Crippen molar-refractivity contribution in [2.45, 2.75) is 44.7 Å². The second kappa shape index (κ2) is 6.49. The van der Waals surface area contributed by atoms with Gasteiger partial charge in [-0.15, -0.1) is 0 Å². The van der Waals surface area contributed by atoms with Crippen LogP contribution in [-0.2, 0) is 6.54 Å². The van der Waals surface area contributed by atoms with E-state index < -0.39 is 0 Å². The van der Waals surface area contributed by atoms with Crippen molar-refractivity contribution in [3.63, 3.8) is 0 Å². The number of aromatic nitrogens is 1. The first-order chi connectivity index (χ1) is 9.12. The highest BCUT2D eigenvalue weighted by Gasteiger charge is 2.36. The maximum Gasteiger partial charge on any atom is 0.0330 e. The zero-order valence-electron chi connectivity index (χ0n) is 12.5. The second-order valence-electron chi connectivity index (χ2n) is 6.28. The van der Waals surface area contributed by atoms with Gasteiger partial charge in [0.1, 0.15) is 0 Å². The van der Waals surface area contributed by atoms with Crippen molar-refractivity contribution in [2.24, 2.45) is 5.92 Å². The summed E-state index contributed by atoms with van der Waals surface area (Å²) < 4.78 is 0. The van der Waals surface area contributed by atoms with E-state index in [1.807, 2.05) is 12.4 Å². The van der Waals surface area contributed by atoms with Gasteiger partial charge in [-0.1, -0.05) is 19.8 Å². The maximum absolute atomic E-state index is 4.06. The predicted octanol–water partition coefficient (Wildman–Crippen LogP) is 2.68. The Morgan fingerprint density at radius 3 is 2.74 bits per heavy atom. The first-order valence-corrected chi connectivity index (χ1v) is 7.39. The van der Waals surface area contributed by atoms with Crippen LogP contribution in [0.3, 0.4) is 0 Å². The SMILES string of the molecule is C[C@H]1CCC[C@@](CNCc2ccncc2)(N(C)C)C1. The molecule has 0 amide bonds. The zero-order chi connectivity index (χ0) is 13.7. The quantitative estimate of drug-likeness (QED) is 0.883. The molecule has 106 valence electrons. The number of pyridine rings is 1. The normalized spacial score (nSPS) is 27.7. The van der Waals surface area contributed by atoms with E-state index in [1.54, 1.807) is 0 Å². The molecule has 0 bridgehead atoms. The summed E-state index contributed by atoms with van der Waals surface area (Å²) in [6, 6.07) is 4.16. The molecule has 3 heteroatoms. The van der Waals surface area contributed by atoms with Crippen molar-refractivity contribution >= 4 is 0 Å². The highest BCUT2D eigenvalue weighted by Crippen LogP contribution is 2.35. The van der Waals surface area contributed by atoms with Crippen molar-refractivity contribution in [2.75, 3.05) is 20.6 Å². The highest BCUT2D eigenvalue weighted by molar-refractivity contribution is 5.09. The van der Waals surface area contributed by atoms with Gasteiger partial charge in [0, 0.05) is 31.0 Å². The van der Waals surface area contributed by atoms with Gasteiger partial charge in [0.15, 0.2) is 0 Å². The van der Waals surface area contributed by atoms with E-state index >= 15 is 0 Å². The topological polar surface area (TPSA) is 28.2 Å². The van der Waals surface area contributed by atoms with Gasteiger partial charge in [0.2, 0.25) is 0 Å². The number of rotatable bonds is 5. The first-order valence-electron chi connectivity index (χ1n) is 7.39.